The average Bonchev–Trinajstić information content (AvgIpc) is 3.38. The van der Waals surface area contributed by atoms with Crippen molar-refractivity contribution >= 4 is 23.4 Å². The summed E-state index contributed by atoms with van der Waals surface area (Å²) < 4.78 is 11.0. The third-order valence-electron chi connectivity index (χ3n) is 6.53. The van der Waals surface area contributed by atoms with Crippen molar-refractivity contribution in [1.82, 2.24) is 20.2 Å². The molecule has 36 heavy (non-hydrogen) atoms. The number of rotatable bonds is 7. The first kappa shape index (κ1) is 24.1. The lowest BCUT2D eigenvalue weighted by atomic mass is 9.94. The van der Waals surface area contributed by atoms with Gasteiger partial charge in [-0.3, -0.25) is 14.6 Å². The topological polar surface area (TPSA) is 93.7 Å². The minimum Gasteiger partial charge on any atom is -0.454 e. The largest absolute Gasteiger partial charge is 0.454 e. The van der Waals surface area contributed by atoms with Crippen LogP contribution in [0.5, 0.6) is 11.5 Å². The van der Waals surface area contributed by atoms with Gasteiger partial charge in [0.25, 0.3) is 5.91 Å². The summed E-state index contributed by atoms with van der Waals surface area (Å²) in [5.74, 6) is 0.616. The molecule has 0 spiro atoms. The molecule has 1 fully saturated rings. The summed E-state index contributed by atoms with van der Waals surface area (Å²) in [5.41, 5.74) is 1.61. The van der Waals surface area contributed by atoms with Crippen molar-refractivity contribution in [3.8, 4) is 11.5 Å². The monoisotopic (exact) mass is 506 g/mol. The van der Waals surface area contributed by atoms with E-state index in [0.717, 1.165) is 31.2 Å². The molecule has 186 valence electrons. The first-order chi connectivity index (χ1) is 17.6. The zero-order chi connectivity index (χ0) is 24.9. The van der Waals surface area contributed by atoms with Crippen LogP contribution in [0.15, 0.2) is 61.1 Å². The maximum Gasteiger partial charge on any atom is 0.275 e. The van der Waals surface area contributed by atoms with Crippen LogP contribution in [0.1, 0.15) is 59.8 Å². The predicted molar refractivity (Wildman–Crippen MR) is 134 cm³/mol. The molecule has 1 N–H and O–H groups in total. The fraction of sp³-hybridized carbons (Fsp3) is 0.333. The van der Waals surface area contributed by atoms with Gasteiger partial charge in [0, 0.05) is 30.0 Å². The van der Waals surface area contributed by atoms with Gasteiger partial charge in [0.05, 0.1) is 6.20 Å². The van der Waals surface area contributed by atoms with Crippen LogP contribution in [0.2, 0.25) is 5.02 Å². The highest BCUT2D eigenvalue weighted by molar-refractivity contribution is 6.30. The molecule has 0 radical (unpaired) electrons. The number of fused-ring (bicyclic) bond motifs is 1. The fourth-order valence-corrected chi connectivity index (χ4v) is 4.84. The van der Waals surface area contributed by atoms with Gasteiger partial charge in [-0.25, -0.2) is 4.98 Å². The Morgan fingerprint density at radius 2 is 1.81 bits per heavy atom. The van der Waals surface area contributed by atoms with Crippen LogP contribution in [0.4, 0.5) is 0 Å². The van der Waals surface area contributed by atoms with Gasteiger partial charge >= 0.3 is 0 Å². The van der Waals surface area contributed by atoms with E-state index in [9.17, 15) is 9.59 Å². The van der Waals surface area contributed by atoms with Gasteiger partial charge in [0.1, 0.15) is 11.7 Å². The molecule has 1 aliphatic carbocycles. The summed E-state index contributed by atoms with van der Waals surface area (Å²) in [6, 6.07) is 11.7. The van der Waals surface area contributed by atoms with Crippen molar-refractivity contribution in [2.24, 2.45) is 0 Å². The number of halogens is 1. The first-order valence-corrected chi connectivity index (χ1v) is 12.5. The summed E-state index contributed by atoms with van der Waals surface area (Å²) in [6.45, 7) is 0.301. The third kappa shape index (κ3) is 5.44. The standard InChI is InChI=1S/C27H27ClN4O4/c28-20-9-7-19(8-10-20)25(26(33)31-21-4-2-1-3-5-21)32(27(34)22-15-29-12-13-30-22)16-18-6-11-23-24(14-18)36-17-35-23/h6-15,21,25H,1-5,16-17H2,(H,31,33)/t25-/m0/s1. The summed E-state index contributed by atoms with van der Waals surface area (Å²) >= 11 is 6.15. The highest BCUT2D eigenvalue weighted by Gasteiger charge is 2.34. The van der Waals surface area contributed by atoms with Crippen LogP contribution in [0.3, 0.4) is 0 Å². The predicted octanol–water partition coefficient (Wildman–Crippen LogP) is 4.69. The Kier molecular flexibility index (Phi) is 7.32. The molecular weight excluding hydrogens is 480 g/mol. The molecule has 2 aromatic carbocycles. The number of amides is 2. The van der Waals surface area contributed by atoms with Crippen molar-refractivity contribution < 1.29 is 19.1 Å². The van der Waals surface area contributed by atoms with Crippen LogP contribution < -0.4 is 14.8 Å². The molecule has 0 unspecified atom stereocenters. The van der Waals surface area contributed by atoms with Crippen LogP contribution >= 0.6 is 11.6 Å². The maximum atomic E-state index is 13.8. The number of carbonyl (C=O) groups is 2. The van der Waals surface area contributed by atoms with Crippen LogP contribution in [0.25, 0.3) is 0 Å². The number of ether oxygens (including phenoxy) is 2. The molecule has 1 aliphatic heterocycles. The van der Waals surface area contributed by atoms with E-state index in [-0.39, 0.29) is 31.0 Å². The third-order valence-corrected chi connectivity index (χ3v) is 6.78. The number of benzene rings is 2. The molecule has 9 heteroatoms. The number of nitrogens with one attached hydrogen (secondary N) is 1. The Morgan fingerprint density at radius 3 is 2.56 bits per heavy atom. The molecule has 2 aliphatic rings. The molecule has 0 bridgehead atoms. The Bertz CT molecular complexity index is 1220. The zero-order valence-electron chi connectivity index (χ0n) is 19.7. The number of aromatic nitrogens is 2. The van der Waals surface area contributed by atoms with Crippen LogP contribution in [-0.4, -0.2) is 39.5 Å². The van der Waals surface area contributed by atoms with Gasteiger partial charge in [-0.2, -0.15) is 0 Å². The molecule has 8 nitrogen and oxygen atoms in total. The highest BCUT2D eigenvalue weighted by Crippen LogP contribution is 2.34. The Hall–Kier alpha value is -3.65. The van der Waals surface area contributed by atoms with E-state index in [1.165, 1.54) is 29.9 Å². The molecule has 2 amide bonds. The molecule has 1 saturated carbocycles. The van der Waals surface area contributed by atoms with Crippen LogP contribution in [-0.2, 0) is 11.3 Å². The number of hydrogen-bond donors (Lipinski definition) is 1. The van der Waals surface area contributed by atoms with Gasteiger partial charge in [-0.15, -0.1) is 0 Å². The normalized spacial score (nSPS) is 15.8. The lowest BCUT2D eigenvalue weighted by Crippen LogP contribution is -2.47. The minimum atomic E-state index is -0.899. The number of nitrogens with zero attached hydrogens (tertiary/aromatic N) is 3. The second-order valence-corrected chi connectivity index (χ2v) is 9.45. The van der Waals surface area contributed by atoms with E-state index in [2.05, 4.69) is 15.3 Å². The lowest BCUT2D eigenvalue weighted by molar-refractivity contribution is -0.127. The summed E-state index contributed by atoms with van der Waals surface area (Å²) in [4.78, 5) is 37.5. The fourth-order valence-electron chi connectivity index (χ4n) is 4.72. The number of carbonyl (C=O) groups excluding carboxylic acids is 2. The molecule has 3 aromatic rings. The minimum absolute atomic E-state index is 0.0834. The zero-order valence-corrected chi connectivity index (χ0v) is 20.5. The van der Waals surface area contributed by atoms with E-state index in [1.54, 1.807) is 24.3 Å². The van der Waals surface area contributed by atoms with Crippen molar-refractivity contribution in [3.05, 3.63) is 82.9 Å². The Balaban J connectivity index is 1.53. The average molecular weight is 507 g/mol. The first-order valence-electron chi connectivity index (χ1n) is 12.1. The van der Waals surface area contributed by atoms with E-state index in [1.807, 2.05) is 18.2 Å². The molecule has 2 heterocycles. The van der Waals surface area contributed by atoms with E-state index >= 15 is 0 Å². The van der Waals surface area contributed by atoms with Crippen molar-refractivity contribution in [2.45, 2.75) is 50.7 Å². The van der Waals surface area contributed by atoms with Crippen molar-refractivity contribution in [1.29, 1.82) is 0 Å². The Labute approximate surface area is 214 Å². The SMILES string of the molecule is O=C(NC1CCCCC1)[C@H](c1ccc(Cl)cc1)N(Cc1ccc2c(c1)OCO2)C(=O)c1cnccn1. The molecule has 0 saturated heterocycles. The summed E-state index contributed by atoms with van der Waals surface area (Å²) in [7, 11) is 0. The molecule has 1 aromatic heterocycles. The lowest BCUT2D eigenvalue weighted by Gasteiger charge is -2.33. The second-order valence-electron chi connectivity index (χ2n) is 9.01. The van der Waals surface area contributed by atoms with Crippen molar-refractivity contribution in [2.75, 3.05) is 6.79 Å². The van der Waals surface area contributed by atoms with Gasteiger partial charge in [-0.1, -0.05) is 49.1 Å². The number of hydrogen-bond acceptors (Lipinski definition) is 6. The van der Waals surface area contributed by atoms with Gasteiger partial charge < -0.3 is 19.7 Å². The highest BCUT2D eigenvalue weighted by atomic mass is 35.5. The van der Waals surface area contributed by atoms with E-state index in [4.69, 9.17) is 21.1 Å². The smallest absolute Gasteiger partial charge is 0.275 e. The van der Waals surface area contributed by atoms with Gasteiger partial charge in [0.15, 0.2) is 11.5 Å². The summed E-state index contributed by atoms with van der Waals surface area (Å²) in [6.07, 6.45) is 9.57. The quantitative estimate of drug-likeness (QED) is 0.499. The van der Waals surface area contributed by atoms with Crippen LogP contribution in [0, 0.1) is 0 Å². The maximum absolute atomic E-state index is 13.8. The summed E-state index contributed by atoms with van der Waals surface area (Å²) in [5, 5.41) is 3.75. The Morgan fingerprint density at radius 1 is 1.03 bits per heavy atom. The molecule has 5 rings (SSSR count). The van der Waals surface area contributed by atoms with Gasteiger partial charge in [-0.05, 0) is 48.2 Å². The van der Waals surface area contributed by atoms with E-state index in [0.29, 0.717) is 22.1 Å². The van der Waals surface area contributed by atoms with E-state index < -0.39 is 11.9 Å². The second kappa shape index (κ2) is 11.0. The molecule has 1 atom stereocenters. The van der Waals surface area contributed by atoms with Crippen molar-refractivity contribution in [3.63, 3.8) is 0 Å². The van der Waals surface area contributed by atoms with Gasteiger partial charge in [0.2, 0.25) is 12.7 Å². The molecular formula is C27H27ClN4O4.